The molecule has 0 atom stereocenters. The van der Waals surface area contributed by atoms with Gasteiger partial charge in [0.15, 0.2) is 0 Å². The number of aromatic nitrogens is 1. The predicted molar refractivity (Wildman–Crippen MR) is 68.3 cm³/mol. The van der Waals surface area contributed by atoms with Gasteiger partial charge in [-0.3, -0.25) is 4.98 Å². The highest BCUT2D eigenvalue weighted by Crippen LogP contribution is 2.45. The summed E-state index contributed by atoms with van der Waals surface area (Å²) in [4.78, 5) is 4.72. The van der Waals surface area contributed by atoms with Crippen molar-refractivity contribution >= 4 is 0 Å². The van der Waals surface area contributed by atoms with E-state index in [1.807, 2.05) is 20.8 Å². The molecule has 1 saturated carbocycles. The first-order chi connectivity index (χ1) is 8.52. The number of nitrogens with zero attached hydrogens (tertiary/aromatic N) is 1. The summed E-state index contributed by atoms with van der Waals surface area (Å²) in [5.41, 5.74) is 10.3. The fourth-order valence-corrected chi connectivity index (χ4v) is 2.54. The van der Waals surface area contributed by atoms with Gasteiger partial charge in [0.1, 0.15) is 5.75 Å². The molecule has 0 unspecified atom stereocenters. The van der Waals surface area contributed by atoms with Crippen LogP contribution in [-0.2, 0) is 17.9 Å². The van der Waals surface area contributed by atoms with E-state index in [9.17, 15) is 0 Å². The monoisotopic (exact) mass is 248 g/mol. The molecule has 18 heavy (non-hydrogen) atoms. The molecule has 0 saturated heterocycles. The van der Waals surface area contributed by atoms with E-state index in [4.69, 9.17) is 20.2 Å². The molecule has 4 nitrogen and oxygen atoms in total. The molecule has 1 aromatic heterocycles. The number of nitrogens with two attached hydrogens (primary N) is 1. The molecule has 0 aromatic carbocycles. The largest absolute Gasteiger partial charge is 0.461 e. The van der Waals surface area contributed by atoms with Crippen molar-refractivity contribution in [3.63, 3.8) is 0 Å². The molecule has 98 valence electrons. The van der Waals surface area contributed by atoms with Crippen LogP contribution in [0.3, 0.4) is 0 Å². The predicted octanol–water partition coefficient (Wildman–Crippen LogP) is 2.37. The number of ether oxygens (including phenoxy) is 2. The van der Waals surface area contributed by atoms with Gasteiger partial charge in [-0.2, -0.15) is 0 Å². The van der Waals surface area contributed by atoms with Crippen molar-refractivity contribution in [2.45, 2.75) is 58.5 Å². The van der Waals surface area contributed by atoms with Gasteiger partial charge >= 0.3 is 0 Å². The third-order valence-corrected chi connectivity index (χ3v) is 3.64. The van der Waals surface area contributed by atoms with Crippen LogP contribution in [0.5, 0.6) is 5.75 Å². The zero-order valence-corrected chi connectivity index (χ0v) is 11.2. The Hall–Kier alpha value is -1.13. The van der Waals surface area contributed by atoms with E-state index in [1.54, 1.807) is 0 Å². The molecule has 2 heterocycles. The molecule has 0 amide bonds. The smallest absolute Gasteiger partial charge is 0.205 e. The van der Waals surface area contributed by atoms with E-state index in [1.165, 1.54) is 18.5 Å². The highest BCUT2D eigenvalue weighted by molar-refractivity contribution is 5.47. The Kier molecular flexibility index (Phi) is 2.61. The van der Waals surface area contributed by atoms with E-state index >= 15 is 0 Å². The Morgan fingerprint density at radius 1 is 1.39 bits per heavy atom. The first kappa shape index (κ1) is 11.9. The quantitative estimate of drug-likeness (QED) is 0.873. The lowest BCUT2D eigenvalue weighted by atomic mass is 10.0. The van der Waals surface area contributed by atoms with Crippen molar-refractivity contribution in [2.75, 3.05) is 0 Å². The van der Waals surface area contributed by atoms with Crippen molar-refractivity contribution in [2.24, 2.45) is 5.73 Å². The van der Waals surface area contributed by atoms with Crippen LogP contribution in [0.2, 0.25) is 0 Å². The van der Waals surface area contributed by atoms with Crippen molar-refractivity contribution in [1.82, 2.24) is 4.98 Å². The van der Waals surface area contributed by atoms with Crippen LogP contribution < -0.4 is 10.5 Å². The fourth-order valence-electron chi connectivity index (χ4n) is 2.54. The standard InChI is InChI=1S/C14H20N2O2/c1-8-13-11(7-17-14(2,3)18-13)10(6-15)12(16-8)9-4-5-9/h9H,4-7,15H2,1-3H3. The second-order valence-electron chi connectivity index (χ2n) is 5.64. The first-order valence-corrected chi connectivity index (χ1v) is 6.57. The van der Waals surface area contributed by atoms with Crippen LogP contribution in [-0.4, -0.2) is 10.8 Å². The summed E-state index contributed by atoms with van der Waals surface area (Å²) in [5.74, 6) is 0.894. The molecular weight excluding hydrogens is 228 g/mol. The minimum atomic E-state index is -0.577. The summed E-state index contributed by atoms with van der Waals surface area (Å²) in [5, 5.41) is 0. The van der Waals surface area contributed by atoms with Crippen LogP contribution in [0.25, 0.3) is 0 Å². The average molecular weight is 248 g/mol. The van der Waals surface area contributed by atoms with Crippen LogP contribution in [0.15, 0.2) is 0 Å². The van der Waals surface area contributed by atoms with Gasteiger partial charge in [-0.15, -0.1) is 0 Å². The molecule has 0 spiro atoms. The number of rotatable bonds is 2. The number of fused-ring (bicyclic) bond motifs is 1. The molecule has 3 rings (SSSR count). The van der Waals surface area contributed by atoms with Gasteiger partial charge in [0.2, 0.25) is 5.79 Å². The second-order valence-corrected chi connectivity index (χ2v) is 5.64. The maximum atomic E-state index is 5.91. The fraction of sp³-hybridized carbons (Fsp3) is 0.643. The Balaban J connectivity index is 2.12. The average Bonchev–Trinajstić information content (AvgIpc) is 3.12. The van der Waals surface area contributed by atoms with E-state index < -0.39 is 5.79 Å². The number of hydrogen-bond donors (Lipinski definition) is 1. The molecular formula is C14H20N2O2. The lowest BCUT2D eigenvalue weighted by Crippen LogP contribution is -2.36. The zero-order valence-electron chi connectivity index (χ0n) is 11.2. The number of pyridine rings is 1. The van der Waals surface area contributed by atoms with Gasteiger partial charge < -0.3 is 15.2 Å². The van der Waals surface area contributed by atoms with Crippen LogP contribution >= 0.6 is 0 Å². The zero-order chi connectivity index (χ0) is 12.9. The minimum Gasteiger partial charge on any atom is -0.461 e. The van der Waals surface area contributed by atoms with Gasteiger partial charge in [-0.1, -0.05) is 0 Å². The molecule has 1 fully saturated rings. The van der Waals surface area contributed by atoms with Gasteiger partial charge in [0.05, 0.1) is 12.3 Å². The Morgan fingerprint density at radius 2 is 2.11 bits per heavy atom. The topological polar surface area (TPSA) is 57.4 Å². The summed E-state index contributed by atoms with van der Waals surface area (Å²) < 4.78 is 11.6. The highest BCUT2D eigenvalue weighted by atomic mass is 16.7. The minimum absolute atomic E-state index is 0.509. The molecule has 0 radical (unpaired) electrons. The summed E-state index contributed by atoms with van der Waals surface area (Å²) in [6, 6.07) is 0. The van der Waals surface area contributed by atoms with Crippen LogP contribution in [0.1, 0.15) is 55.1 Å². The molecule has 2 N–H and O–H groups in total. The second kappa shape index (κ2) is 3.93. The van der Waals surface area contributed by atoms with Gasteiger partial charge in [0.25, 0.3) is 0 Å². The number of hydrogen-bond acceptors (Lipinski definition) is 4. The normalized spacial score (nSPS) is 21.3. The molecule has 0 bridgehead atoms. The Morgan fingerprint density at radius 3 is 2.72 bits per heavy atom. The lowest BCUT2D eigenvalue weighted by molar-refractivity contribution is -0.180. The van der Waals surface area contributed by atoms with Gasteiger partial charge in [-0.25, -0.2) is 0 Å². The highest BCUT2D eigenvalue weighted by Gasteiger charge is 2.35. The maximum absolute atomic E-state index is 5.91. The van der Waals surface area contributed by atoms with Gasteiger partial charge in [0, 0.05) is 37.6 Å². The molecule has 1 aromatic rings. The maximum Gasteiger partial charge on any atom is 0.205 e. The van der Waals surface area contributed by atoms with Crippen molar-refractivity contribution in [1.29, 1.82) is 0 Å². The van der Waals surface area contributed by atoms with E-state index in [2.05, 4.69) is 0 Å². The van der Waals surface area contributed by atoms with Crippen LogP contribution in [0.4, 0.5) is 0 Å². The Bertz CT molecular complexity index is 493. The molecule has 1 aliphatic carbocycles. The summed E-state index contributed by atoms with van der Waals surface area (Å²) in [6.45, 7) is 6.93. The lowest BCUT2D eigenvalue weighted by Gasteiger charge is -2.34. The van der Waals surface area contributed by atoms with Crippen molar-refractivity contribution in [3.8, 4) is 5.75 Å². The van der Waals surface area contributed by atoms with Crippen LogP contribution in [0, 0.1) is 6.92 Å². The summed E-state index contributed by atoms with van der Waals surface area (Å²) in [7, 11) is 0. The third kappa shape index (κ3) is 1.89. The van der Waals surface area contributed by atoms with E-state index in [0.29, 0.717) is 19.1 Å². The van der Waals surface area contributed by atoms with Crippen molar-refractivity contribution in [3.05, 3.63) is 22.5 Å². The molecule has 2 aliphatic rings. The first-order valence-electron chi connectivity index (χ1n) is 6.57. The van der Waals surface area contributed by atoms with E-state index in [-0.39, 0.29) is 0 Å². The Labute approximate surface area is 107 Å². The molecule has 1 aliphatic heterocycles. The number of aryl methyl sites for hydroxylation is 1. The third-order valence-electron chi connectivity index (χ3n) is 3.64. The SMILES string of the molecule is Cc1nc(C2CC2)c(CN)c2c1OC(C)(C)OC2. The van der Waals surface area contributed by atoms with Gasteiger partial charge in [-0.05, 0) is 25.3 Å². The summed E-state index contributed by atoms with van der Waals surface area (Å²) in [6.07, 6.45) is 2.46. The molecule has 4 heteroatoms. The van der Waals surface area contributed by atoms with E-state index in [0.717, 1.165) is 22.6 Å². The van der Waals surface area contributed by atoms with Crippen molar-refractivity contribution < 1.29 is 9.47 Å². The summed E-state index contributed by atoms with van der Waals surface area (Å²) >= 11 is 0.